The van der Waals surface area contributed by atoms with Crippen molar-refractivity contribution in [2.45, 2.75) is 32.7 Å². The number of aryl methyl sites for hydroxylation is 2. The third-order valence-electron chi connectivity index (χ3n) is 5.29. The van der Waals surface area contributed by atoms with Crippen molar-refractivity contribution in [2.75, 3.05) is 19.6 Å². The Morgan fingerprint density at radius 3 is 2.54 bits per heavy atom. The van der Waals surface area contributed by atoms with Crippen molar-refractivity contribution in [2.24, 2.45) is 0 Å². The molecule has 2 aromatic heterocycles. The number of amides is 1. The lowest BCUT2D eigenvalue weighted by Gasteiger charge is -2.27. The van der Waals surface area contributed by atoms with Crippen LogP contribution in [0.3, 0.4) is 0 Å². The van der Waals surface area contributed by atoms with Gasteiger partial charge in [-0.2, -0.15) is 5.10 Å². The molecule has 1 atom stereocenters. The highest BCUT2D eigenvalue weighted by Gasteiger charge is 2.24. The van der Waals surface area contributed by atoms with Crippen LogP contribution in [0.1, 0.15) is 45.5 Å². The van der Waals surface area contributed by atoms with Gasteiger partial charge in [0.05, 0.1) is 17.4 Å². The predicted octanol–water partition coefficient (Wildman–Crippen LogP) is 4.12. The number of carbonyl (C=O) groups excluding carboxylic acids is 1. The van der Waals surface area contributed by atoms with E-state index in [1.54, 1.807) is 11.3 Å². The van der Waals surface area contributed by atoms with Crippen LogP contribution in [-0.2, 0) is 0 Å². The van der Waals surface area contributed by atoms with E-state index in [1.807, 2.05) is 48.9 Å². The van der Waals surface area contributed by atoms with Crippen LogP contribution in [0.2, 0.25) is 0 Å². The summed E-state index contributed by atoms with van der Waals surface area (Å²) in [5.74, 6) is -0.0272. The van der Waals surface area contributed by atoms with Gasteiger partial charge < -0.3 is 5.32 Å². The maximum atomic E-state index is 12.7. The highest BCUT2D eigenvalue weighted by atomic mass is 32.1. The normalized spacial score (nSPS) is 15.6. The van der Waals surface area contributed by atoms with Crippen molar-refractivity contribution < 1.29 is 4.79 Å². The molecule has 1 aliphatic heterocycles. The topological polar surface area (TPSA) is 50.2 Å². The van der Waals surface area contributed by atoms with Crippen LogP contribution < -0.4 is 5.32 Å². The first kappa shape index (κ1) is 18.9. The minimum atomic E-state index is -0.0272. The second-order valence-corrected chi connectivity index (χ2v) is 8.35. The van der Waals surface area contributed by atoms with E-state index >= 15 is 0 Å². The Labute approximate surface area is 170 Å². The zero-order valence-corrected chi connectivity index (χ0v) is 17.2. The maximum Gasteiger partial charge on any atom is 0.251 e. The summed E-state index contributed by atoms with van der Waals surface area (Å²) in [5.41, 5.74) is 3.72. The van der Waals surface area contributed by atoms with Crippen molar-refractivity contribution >= 4 is 17.2 Å². The van der Waals surface area contributed by atoms with Gasteiger partial charge >= 0.3 is 0 Å². The average molecular weight is 395 g/mol. The maximum absolute atomic E-state index is 12.7. The molecule has 0 spiro atoms. The van der Waals surface area contributed by atoms with E-state index in [2.05, 4.69) is 32.8 Å². The van der Waals surface area contributed by atoms with Gasteiger partial charge in [0, 0.05) is 22.7 Å². The number of aromatic nitrogens is 2. The summed E-state index contributed by atoms with van der Waals surface area (Å²) in [6, 6.07) is 14.2. The van der Waals surface area contributed by atoms with E-state index in [0.29, 0.717) is 12.1 Å². The number of benzene rings is 1. The molecule has 1 amide bonds. The van der Waals surface area contributed by atoms with Gasteiger partial charge in [-0.3, -0.25) is 9.69 Å². The van der Waals surface area contributed by atoms with Crippen LogP contribution in [0.5, 0.6) is 0 Å². The summed E-state index contributed by atoms with van der Waals surface area (Å²) in [5, 5.41) is 9.75. The lowest BCUT2D eigenvalue weighted by Crippen LogP contribution is -2.36. The molecular weight excluding hydrogens is 368 g/mol. The van der Waals surface area contributed by atoms with Gasteiger partial charge in [0.2, 0.25) is 0 Å². The smallest absolute Gasteiger partial charge is 0.251 e. The van der Waals surface area contributed by atoms with E-state index in [9.17, 15) is 4.79 Å². The van der Waals surface area contributed by atoms with Crippen LogP contribution in [0.25, 0.3) is 5.69 Å². The Kier molecular flexibility index (Phi) is 5.59. The summed E-state index contributed by atoms with van der Waals surface area (Å²) >= 11 is 1.77. The molecule has 0 bridgehead atoms. The first-order valence-electron chi connectivity index (χ1n) is 9.81. The Balaban J connectivity index is 1.43. The van der Waals surface area contributed by atoms with E-state index in [4.69, 9.17) is 0 Å². The zero-order chi connectivity index (χ0) is 19.5. The lowest BCUT2D eigenvalue weighted by molar-refractivity contribution is 0.0938. The molecule has 0 saturated carbocycles. The molecule has 6 heteroatoms. The van der Waals surface area contributed by atoms with Gasteiger partial charge in [-0.05, 0) is 81.6 Å². The van der Waals surface area contributed by atoms with Gasteiger partial charge in [-0.1, -0.05) is 6.07 Å². The third-order valence-corrected chi connectivity index (χ3v) is 6.27. The fraction of sp³-hybridized carbons (Fsp3) is 0.364. The Bertz CT molecular complexity index is 924. The number of hydrogen-bond acceptors (Lipinski definition) is 4. The Morgan fingerprint density at radius 1 is 1.18 bits per heavy atom. The largest absolute Gasteiger partial charge is 0.350 e. The van der Waals surface area contributed by atoms with Crippen molar-refractivity contribution in [3.05, 3.63) is 69.7 Å². The fourth-order valence-electron chi connectivity index (χ4n) is 3.88. The second kappa shape index (κ2) is 8.29. The fourth-order valence-corrected chi connectivity index (χ4v) is 4.74. The molecule has 3 heterocycles. The van der Waals surface area contributed by atoms with Crippen molar-refractivity contribution in [3.63, 3.8) is 0 Å². The van der Waals surface area contributed by atoms with E-state index < -0.39 is 0 Å². The number of carbonyl (C=O) groups is 1. The monoisotopic (exact) mass is 394 g/mol. The highest BCUT2D eigenvalue weighted by Crippen LogP contribution is 2.28. The summed E-state index contributed by atoms with van der Waals surface area (Å²) in [6.45, 7) is 6.86. The lowest BCUT2D eigenvalue weighted by atomic mass is 10.1. The second-order valence-electron chi connectivity index (χ2n) is 7.37. The number of hydrogen-bond donors (Lipinski definition) is 1. The number of likely N-dealkylation sites (tertiary alicyclic amines) is 1. The zero-order valence-electron chi connectivity index (χ0n) is 16.4. The first-order valence-corrected chi connectivity index (χ1v) is 10.7. The molecule has 1 saturated heterocycles. The minimum Gasteiger partial charge on any atom is -0.350 e. The van der Waals surface area contributed by atoms with Crippen LogP contribution >= 0.6 is 11.3 Å². The molecule has 1 fully saturated rings. The number of nitrogens with one attached hydrogen (secondary N) is 1. The standard InChI is InChI=1S/C22H26N4OS/c1-16-14-17(2)26(24-16)19-9-7-18(8-10-19)22(27)23-15-20(21-6-5-13-28-21)25-11-3-4-12-25/h5-10,13-14,20H,3-4,11-12,15H2,1-2H3,(H,23,27). The molecular formula is C22H26N4OS. The predicted molar refractivity (Wildman–Crippen MR) is 113 cm³/mol. The van der Waals surface area contributed by atoms with Crippen LogP contribution in [0.15, 0.2) is 47.8 Å². The van der Waals surface area contributed by atoms with E-state index in [1.165, 1.54) is 17.7 Å². The molecule has 146 valence electrons. The molecule has 1 N–H and O–H groups in total. The molecule has 5 nitrogen and oxygen atoms in total. The van der Waals surface area contributed by atoms with Crippen molar-refractivity contribution in [3.8, 4) is 5.69 Å². The summed E-state index contributed by atoms with van der Waals surface area (Å²) in [6.07, 6.45) is 2.48. The van der Waals surface area contributed by atoms with Gasteiger partial charge in [-0.15, -0.1) is 11.3 Å². The van der Waals surface area contributed by atoms with Crippen LogP contribution in [-0.4, -0.2) is 40.2 Å². The van der Waals surface area contributed by atoms with E-state index in [0.717, 1.165) is 30.2 Å². The number of thiophene rings is 1. The molecule has 1 aromatic carbocycles. The van der Waals surface area contributed by atoms with E-state index in [-0.39, 0.29) is 11.9 Å². The minimum absolute atomic E-state index is 0.0272. The molecule has 3 aromatic rings. The summed E-state index contributed by atoms with van der Waals surface area (Å²) < 4.78 is 1.90. The summed E-state index contributed by atoms with van der Waals surface area (Å²) in [4.78, 5) is 16.5. The molecule has 0 aliphatic carbocycles. The molecule has 4 rings (SSSR count). The van der Waals surface area contributed by atoms with Crippen molar-refractivity contribution in [1.29, 1.82) is 0 Å². The number of nitrogens with zero attached hydrogens (tertiary/aromatic N) is 3. The summed E-state index contributed by atoms with van der Waals surface area (Å²) in [7, 11) is 0. The third kappa shape index (κ3) is 4.03. The highest BCUT2D eigenvalue weighted by molar-refractivity contribution is 7.10. The first-order chi connectivity index (χ1) is 13.6. The van der Waals surface area contributed by atoms with Gasteiger partial charge in [-0.25, -0.2) is 4.68 Å². The van der Waals surface area contributed by atoms with Crippen molar-refractivity contribution in [1.82, 2.24) is 20.0 Å². The molecule has 28 heavy (non-hydrogen) atoms. The van der Waals surface area contributed by atoms with Gasteiger partial charge in [0.25, 0.3) is 5.91 Å². The quantitative estimate of drug-likeness (QED) is 0.684. The Hall–Kier alpha value is -2.44. The average Bonchev–Trinajstić information content (AvgIpc) is 3.45. The van der Waals surface area contributed by atoms with Gasteiger partial charge in [0.1, 0.15) is 0 Å². The van der Waals surface area contributed by atoms with Crippen LogP contribution in [0.4, 0.5) is 0 Å². The van der Waals surface area contributed by atoms with Gasteiger partial charge in [0.15, 0.2) is 0 Å². The Morgan fingerprint density at radius 2 is 1.93 bits per heavy atom. The number of rotatable bonds is 6. The molecule has 1 unspecified atom stereocenters. The van der Waals surface area contributed by atoms with Crippen LogP contribution in [0, 0.1) is 13.8 Å². The molecule has 0 radical (unpaired) electrons. The molecule has 1 aliphatic rings. The SMILES string of the molecule is Cc1cc(C)n(-c2ccc(C(=O)NCC(c3cccs3)N3CCCC3)cc2)n1.